The first-order valence-corrected chi connectivity index (χ1v) is 9.84. The lowest BCUT2D eigenvalue weighted by Crippen LogP contribution is -2.54. The number of piperidine rings is 1. The highest BCUT2D eigenvalue weighted by Gasteiger charge is 2.46. The summed E-state index contributed by atoms with van der Waals surface area (Å²) in [7, 11) is 0. The number of rotatable bonds is 4. The monoisotopic (exact) mass is 356 g/mol. The first-order valence-electron chi connectivity index (χ1n) is 8.96. The van der Waals surface area contributed by atoms with Gasteiger partial charge in [0.15, 0.2) is 0 Å². The van der Waals surface area contributed by atoms with Crippen molar-refractivity contribution in [3.63, 3.8) is 0 Å². The quantitative estimate of drug-likeness (QED) is 0.915. The van der Waals surface area contributed by atoms with Crippen LogP contribution in [0, 0.1) is 12.3 Å². The lowest BCUT2D eigenvalue weighted by atomic mass is 9.60. The minimum absolute atomic E-state index is 0.00561. The Morgan fingerprint density at radius 3 is 2.84 bits per heavy atom. The number of nitrogens with zero attached hydrogens (tertiary/aromatic N) is 3. The predicted molar refractivity (Wildman–Crippen MR) is 98.5 cm³/mol. The fourth-order valence-electron chi connectivity index (χ4n) is 4.13. The molecule has 1 amide bonds. The molecule has 0 atom stereocenters. The minimum Gasteiger partial charge on any atom is -0.349 e. The molecule has 0 radical (unpaired) electrons. The van der Waals surface area contributed by atoms with Crippen molar-refractivity contribution in [2.24, 2.45) is 5.41 Å². The van der Waals surface area contributed by atoms with Gasteiger partial charge in [0, 0.05) is 29.9 Å². The van der Waals surface area contributed by atoms with Crippen molar-refractivity contribution >= 4 is 17.2 Å². The number of pyridine rings is 1. The number of thiazole rings is 1. The van der Waals surface area contributed by atoms with E-state index in [0.29, 0.717) is 17.0 Å². The molecule has 132 valence electrons. The summed E-state index contributed by atoms with van der Waals surface area (Å²) in [5.74, 6) is 0.00561. The van der Waals surface area contributed by atoms with Crippen LogP contribution in [0.3, 0.4) is 0 Å². The zero-order valence-corrected chi connectivity index (χ0v) is 15.4. The molecule has 4 rings (SSSR count). The molecule has 1 saturated carbocycles. The van der Waals surface area contributed by atoms with Gasteiger partial charge >= 0.3 is 0 Å². The molecule has 2 aromatic heterocycles. The molecule has 1 saturated heterocycles. The molecular formula is C19H24N4OS. The van der Waals surface area contributed by atoms with E-state index >= 15 is 0 Å². The second kappa shape index (κ2) is 6.84. The van der Waals surface area contributed by atoms with Crippen LogP contribution in [0.25, 0.3) is 0 Å². The summed E-state index contributed by atoms with van der Waals surface area (Å²) in [4.78, 5) is 24.5. The van der Waals surface area contributed by atoms with Crippen molar-refractivity contribution in [2.45, 2.75) is 45.2 Å². The molecule has 0 aromatic carbocycles. The third-order valence-corrected chi connectivity index (χ3v) is 6.67. The molecule has 25 heavy (non-hydrogen) atoms. The van der Waals surface area contributed by atoms with Crippen molar-refractivity contribution in [3.05, 3.63) is 46.2 Å². The molecule has 1 aliphatic heterocycles. The molecule has 5 nitrogen and oxygen atoms in total. The summed E-state index contributed by atoms with van der Waals surface area (Å²) in [5, 5.41) is 3.16. The van der Waals surface area contributed by atoms with Crippen LogP contribution in [-0.4, -0.2) is 39.9 Å². The van der Waals surface area contributed by atoms with Gasteiger partial charge in [-0.15, -0.1) is 11.3 Å². The molecule has 6 heteroatoms. The Hall–Kier alpha value is -1.79. The number of aromatic nitrogens is 2. The summed E-state index contributed by atoms with van der Waals surface area (Å²) >= 11 is 1.76. The van der Waals surface area contributed by atoms with Gasteiger partial charge < -0.3 is 5.32 Å². The van der Waals surface area contributed by atoms with E-state index in [1.807, 2.05) is 11.6 Å². The number of carbonyl (C=O) groups is 1. The lowest BCUT2D eigenvalue weighted by Gasteiger charge is -2.52. The normalized spacial score (nSPS) is 20.4. The summed E-state index contributed by atoms with van der Waals surface area (Å²) in [5.41, 5.74) is 4.22. The number of likely N-dealkylation sites (tertiary alicyclic amines) is 1. The summed E-state index contributed by atoms with van der Waals surface area (Å²) in [6.45, 7) is 5.44. The van der Waals surface area contributed by atoms with E-state index in [4.69, 9.17) is 0 Å². The van der Waals surface area contributed by atoms with E-state index in [-0.39, 0.29) is 5.91 Å². The number of nitrogens with one attached hydrogen (secondary N) is 1. The molecular weight excluding hydrogens is 332 g/mol. The van der Waals surface area contributed by atoms with Gasteiger partial charge in [-0.2, -0.15) is 0 Å². The lowest BCUT2D eigenvalue weighted by molar-refractivity contribution is 0.00488. The minimum atomic E-state index is 0.00561. The maximum atomic E-state index is 12.2. The number of amides is 1. The Morgan fingerprint density at radius 1 is 1.40 bits per heavy atom. The average molecular weight is 356 g/mol. The van der Waals surface area contributed by atoms with Crippen molar-refractivity contribution < 1.29 is 4.79 Å². The number of aryl methyl sites for hydroxylation is 1. The van der Waals surface area contributed by atoms with Gasteiger partial charge in [0.25, 0.3) is 5.91 Å². The first-order chi connectivity index (χ1) is 12.1. The van der Waals surface area contributed by atoms with Crippen molar-refractivity contribution in [2.75, 3.05) is 13.1 Å². The van der Waals surface area contributed by atoms with Crippen LogP contribution in [0.2, 0.25) is 0 Å². The van der Waals surface area contributed by atoms with Gasteiger partial charge in [-0.3, -0.25) is 14.7 Å². The Kier molecular flexibility index (Phi) is 4.56. The maximum Gasteiger partial charge on any atom is 0.253 e. The highest BCUT2D eigenvalue weighted by atomic mass is 32.1. The third-order valence-electron chi connectivity index (χ3n) is 5.75. The van der Waals surface area contributed by atoms with Crippen LogP contribution in [-0.2, 0) is 6.54 Å². The summed E-state index contributed by atoms with van der Waals surface area (Å²) in [6.07, 6.45) is 8.04. The molecule has 1 spiro atoms. The Bertz CT molecular complexity index is 729. The van der Waals surface area contributed by atoms with Gasteiger partial charge in [0.05, 0.1) is 16.8 Å². The van der Waals surface area contributed by atoms with Gasteiger partial charge in [0.2, 0.25) is 0 Å². The van der Waals surface area contributed by atoms with Gasteiger partial charge in [-0.1, -0.05) is 0 Å². The van der Waals surface area contributed by atoms with E-state index in [1.54, 1.807) is 29.8 Å². The zero-order chi connectivity index (χ0) is 17.3. The highest BCUT2D eigenvalue weighted by Crippen LogP contribution is 2.49. The third kappa shape index (κ3) is 3.60. The molecule has 0 bridgehead atoms. The van der Waals surface area contributed by atoms with E-state index < -0.39 is 0 Å². The first kappa shape index (κ1) is 16.7. The van der Waals surface area contributed by atoms with Crippen LogP contribution >= 0.6 is 11.3 Å². The van der Waals surface area contributed by atoms with Gasteiger partial charge in [0.1, 0.15) is 0 Å². The van der Waals surface area contributed by atoms with E-state index in [2.05, 4.69) is 27.1 Å². The molecule has 3 heterocycles. The van der Waals surface area contributed by atoms with Crippen LogP contribution in [0.1, 0.15) is 46.6 Å². The maximum absolute atomic E-state index is 12.2. The molecule has 2 aliphatic rings. The molecule has 2 aromatic rings. The van der Waals surface area contributed by atoms with Crippen molar-refractivity contribution in [3.8, 4) is 0 Å². The molecule has 1 N–H and O–H groups in total. The van der Waals surface area contributed by atoms with E-state index in [9.17, 15) is 4.79 Å². The summed E-state index contributed by atoms with van der Waals surface area (Å²) < 4.78 is 0. The SMILES string of the molecule is Cc1ncsc1CN1CCC2(CC1)CC(NC(=O)c1cccnc1)C2. The van der Waals surface area contributed by atoms with Crippen molar-refractivity contribution in [1.82, 2.24) is 20.2 Å². The van der Waals surface area contributed by atoms with Crippen LogP contribution < -0.4 is 5.32 Å². The Morgan fingerprint density at radius 2 is 2.20 bits per heavy atom. The topological polar surface area (TPSA) is 58.1 Å². The summed E-state index contributed by atoms with van der Waals surface area (Å²) in [6, 6.07) is 3.94. The fourth-order valence-corrected chi connectivity index (χ4v) is 4.95. The molecule has 1 aliphatic carbocycles. The van der Waals surface area contributed by atoms with Crippen molar-refractivity contribution in [1.29, 1.82) is 0 Å². The second-order valence-corrected chi connectivity index (χ2v) is 8.40. The Balaban J connectivity index is 1.24. The zero-order valence-electron chi connectivity index (χ0n) is 14.6. The number of hydrogen-bond donors (Lipinski definition) is 1. The number of carbonyl (C=O) groups excluding carboxylic acids is 1. The fraction of sp³-hybridized carbons (Fsp3) is 0.526. The Labute approximate surface area is 152 Å². The number of hydrogen-bond acceptors (Lipinski definition) is 5. The van der Waals surface area contributed by atoms with Gasteiger partial charge in [-0.25, -0.2) is 4.98 Å². The van der Waals surface area contributed by atoms with E-state index in [1.165, 1.54) is 23.4 Å². The van der Waals surface area contributed by atoms with Crippen LogP contribution in [0.5, 0.6) is 0 Å². The van der Waals surface area contributed by atoms with Crippen LogP contribution in [0.4, 0.5) is 0 Å². The smallest absolute Gasteiger partial charge is 0.253 e. The second-order valence-electron chi connectivity index (χ2n) is 7.46. The molecule has 0 unspecified atom stereocenters. The van der Waals surface area contributed by atoms with Crippen LogP contribution in [0.15, 0.2) is 30.0 Å². The van der Waals surface area contributed by atoms with E-state index in [0.717, 1.165) is 32.5 Å². The predicted octanol–water partition coefficient (Wildman–Crippen LogP) is 3.02. The molecule has 2 fully saturated rings. The average Bonchev–Trinajstić information content (AvgIpc) is 3.01. The standard InChI is InChI=1S/C19H24N4OS/c1-14-17(25-13-21-14)12-23-7-4-19(5-8-23)9-16(10-19)22-18(24)15-3-2-6-20-11-15/h2-3,6,11,13,16H,4-5,7-10,12H2,1H3,(H,22,24). The van der Waals surface area contributed by atoms with Gasteiger partial charge in [-0.05, 0) is 63.2 Å². The highest BCUT2D eigenvalue weighted by molar-refractivity contribution is 7.09. The largest absolute Gasteiger partial charge is 0.349 e.